The zero-order chi connectivity index (χ0) is 14.3. The molecule has 0 spiro atoms. The van der Waals surface area contributed by atoms with E-state index in [1.54, 1.807) is 11.8 Å². The van der Waals surface area contributed by atoms with Gasteiger partial charge in [0.15, 0.2) is 5.69 Å². The van der Waals surface area contributed by atoms with E-state index in [9.17, 15) is 13.2 Å². The highest BCUT2D eigenvalue weighted by atomic mass is 32.2. The van der Waals surface area contributed by atoms with Gasteiger partial charge < -0.3 is 11.1 Å². The van der Waals surface area contributed by atoms with E-state index in [0.717, 1.165) is 31.1 Å². The van der Waals surface area contributed by atoms with Gasteiger partial charge in [0, 0.05) is 12.6 Å². The number of nitrogens with zero attached hydrogens (tertiary/aromatic N) is 2. The molecule has 1 aromatic rings. The summed E-state index contributed by atoms with van der Waals surface area (Å²) < 4.78 is 37.5. The fourth-order valence-electron chi connectivity index (χ4n) is 1.47. The number of alkyl halides is 3. The Morgan fingerprint density at radius 2 is 2.00 bits per heavy atom. The van der Waals surface area contributed by atoms with E-state index < -0.39 is 11.9 Å². The number of halogens is 3. The molecule has 1 rings (SSSR count). The number of unbranched alkanes of at least 4 members (excludes halogenated alkanes) is 2. The molecule has 0 radical (unpaired) electrons. The lowest BCUT2D eigenvalue weighted by molar-refractivity contribution is -0.141. The number of hydrogen-bond acceptors (Lipinski definition) is 5. The maximum absolute atomic E-state index is 12.5. The van der Waals surface area contributed by atoms with Crippen molar-refractivity contribution in [2.75, 3.05) is 29.6 Å². The average Bonchev–Trinajstić information content (AvgIpc) is 2.32. The zero-order valence-corrected chi connectivity index (χ0v) is 11.4. The van der Waals surface area contributed by atoms with Crippen LogP contribution in [0.15, 0.2) is 6.07 Å². The third-order valence-corrected chi connectivity index (χ3v) is 3.06. The van der Waals surface area contributed by atoms with Crippen LogP contribution in [0.2, 0.25) is 0 Å². The van der Waals surface area contributed by atoms with E-state index in [-0.39, 0.29) is 11.8 Å². The third-order valence-electron chi connectivity index (χ3n) is 2.37. The molecule has 108 valence electrons. The van der Waals surface area contributed by atoms with Crippen LogP contribution in [0.3, 0.4) is 0 Å². The van der Waals surface area contributed by atoms with E-state index in [1.807, 2.05) is 6.26 Å². The Labute approximate surface area is 114 Å². The summed E-state index contributed by atoms with van der Waals surface area (Å²) in [4.78, 5) is 6.91. The molecule has 3 N–H and O–H groups in total. The van der Waals surface area contributed by atoms with Crippen molar-refractivity contribution in [1.29, 1.82) is 0 Å². The Bertz CT molecular complexity index is 398. The first-order chi connectivity index (χ1) is 8.93. The third kappa shape index (κ3) is 6.00. The maximum atomic E-state index is 12.5. The second-order valence-electron chi connectivity index (χ2n) is 3.97. The summed E-state index contributed by atoms with van der Waals surface area (Å²) in [6.45, 7) is 0.572. The van der Waals surface area contributed by atoms with E-state index in [2.05, 4.69) is 15.3 Å². The molecule has 0 saturated heterocycles. The Balaban J connectivity index is 2.48. The Hall–Kier alpha value is -1.18. The largest absolute Gasteiger partial charge is 0.433 e. The van der Waals surface area contributed by atoms with Crippen molar-refractivity contribution in [1.82, 2.24) is 9.97 Å². The van der Waals surface area contributed by atoms with E-state index in [1.165, 1.54) is 0 Å². The van der Waals surface area contributed by atoms with Crippen molar-refractivity contribution in [3.8, 4) is 0 Å². The van der Waals surface area contributed by atoms with Crippen LogP contribution in [0, 0.1) is 0 Å². The Morgan fingerprint density at radius 1 is 1.26 bits per heavy atom. The standard InChI is InChI=1S/C11H17F3N4S/c1-19-6-4-2-3-5-16-9-7-8(11(12,13)14)17-10(15)18-9/h7H,2-6H2,1H3,(H3,15,16,17,18). The van der Waals surface area contributed by atoms with Crippen molar-refractivity contribution >= 4 is 23.5 Å². The molecule has 1 aromatic heterocycles. The van der Waals surface area contributed by atoms with Crippen molar-refractivity contribution in [2.45, 2.75) is 25.4 Å². The molecule has 0 saturated carbocycles. The van der Waals surface area contributed by atoms with Gasteiger partial charge in [-0.1, -0.05) is 6.42 Å². The number of nitrogens with two attached hydrogens (primary N) is 1. The van der Waals surface area contributed by atoms with Gasteiger partial charge in [0.05, 0.1) is 0 Å². The molecule has 4 nitrogen and oxygen atoms in total. The smallest absolute Gasteiger partial charge is 0.370 e. The molecular weight excluding hydrogens is 277 g/mol. The predicted molar refractivity (Wildman–Crippen MR) is 72.2 cm³/mol. The van der Waals surface area contributed by atoms with Gasteiger partial charge in [0.25, 0.3) is 0 Å². The van der Waals surface area contributed by atoms with Crippen LogP contribution in [-0.2, 0) is 6.18 Å². The minimum absolute atomic E-state index is 0.115. The summed E-state index contributed by atoms with van der Waals surface area (Å²) in [6.07, 6.45) is 0.543. The predicted octanol–water partition coefficient (Wildman–Crippen LogP) is 3.02. The minimum atomic E-state index is -4.51. The van der Waals surface area contributed by atoms with Gasteiger partial charge in [-0.05, 0) is 24.9 Å². The maximum Gasteiger partial charge on any atom is 0.433 e. The first-order valence-electron chi connectivity index (χ1n) is 5.88. The van der Waals surface area contributed by atoms with Crippen molar-refractivity contribution in [3.05, 3.63) is 11.8 Å². The average molecular weight is 294 g/mol. The van der Waals surface area contributed by atoms with Crippen molar-refractivity contribution in [3.63, 3.8) is 0 Å². The number of anilines is 2. The van der Waals surface area contributed by atoms with Crippen LogP contribution >= 0.6 is 11.8 Å². The number of nitrogens with one attached hydrogen (secondary N) is 1. The molecule has 0 amide bonds. The molecule has 0 bridgehead atoms. The van der Waals surface area contributed by atoms with Gasteiger partial charge in [-0.3, -0.25) is 0 Å². The van der Waals surface area contributed by atoms with Crippen LogP contribution in [0.1, 0.15) is 25.0 Å². The number of thioether (sulfide) groups is 1. The SMILES string of the molecule is CSCCCCCNc1cc(C(F)(F)F)nc(N)n1. The van der Waals surface area contributed by atoms with Gasteiger partial charge in [0.1, 0.15) is 5.82 Å². The van der Waals surface area contributed by atoms with Crippen LogP contribution in [-0.4, -0.2) is 28.5 Å². The van der Waals surface area contributed by atoms with E-state index in [0.29, 0.717) is 6.54 Å². The molecule has 1 heterocycles. The zero-order valence-electron chi connectivity index (χ0n) is 10.6. The van der Waals surface area contributed by atoms with Gasteiger partial charge in [0.2, 0.25) is 5.95 Å². The second-order valence-corrected chi connectivity index (χ2v) is 4.96. The number of rotatable bonds is 7. The molecule has 0 aliphatic heterocycles. The summed E-state index contributed by atoms with van der Waals surface area (Å²) in [5.74, 6) is 0.836. The molecule has 8 heteroatoms. The van der Waals surface area contributed by atoms with Crippen molar-refractivity contribution < 1.29 is 13.2 Å². The van der Waals surface area contributed by atoms with Crippen LogP contribution in [0.4, 0.5) is 24.9 Å². The monoisotopic (exact) mass is 294 g/mol. The van der Waals surface area contributed by atoms with Gasteiger partial charge in [-0.2, -0.15) is 29.9 Å². The highest BCUT2D eigenvalue weighted by Crippen LogP contribution is 2.29. The molecule has 0 unspecified atom stereocenters. The molecule has 0 atom stereocenters. The lowest BCUT2D eigenvalue weighted by Gasteiger charge is -2.10. The van der Waals surface area contributed by atoms with Gasteiger partial charge in [-0.15, -0.1) is 0 Å². The lowest BCUT2D eigenvalue weighted by Crippen LogP contribution is -2.13. The summed E-state index contributed by atoms with van der Waals surface area (Å²) >= 11 is 1.78. The molecule has 0 aromatic carbocycles. The first-order valence-corrected chi connectivity index (χ1v) is 7.27. The van der Waals surface area contributed by atoms with Crippen molar-refractivity contribution in [2.24, 2.45) is 0 Å². The fraction of sp³-hybridized carbons (Fsp3) is 0.636. The number of nitrogen functional groups attached to an aromatic ring is 1. The summed E-state index contributed by atoms with van der Waals surface area (Å²) in [6, 6.07) is 0.873. The van der Waals surface area contributed by atoms with E-state index >= 15 is 0 Å². The minimum Gasteiger partial charge on any atom is -0.370 e. The topological polar surface area (TPSA) is 63.8 Å². The normalized spacial score (nSPS) is 11.6. The highest BCUT2D eigenvalue weighted by molar-refractivity contribution is 7.98. The fourth-order valence-corrected chi connectivity index (χ4v) is 1.96. The second kappa shape index (κ2) is 7.42. The quantitative estimate of drug-likeness (QED) is 0.757. The molecule has 19 heavy (non-hydrogen) atoms. The number of hydrogen-bond donors (Lipinski definition) is 2. The summed E-state index contributed by atoms with van der Waals surface area (Å²) in [5, 5.41) is 2.84. The summed E-state index contributed by atoms with van der Waals surface area (Å²) in [5.41, 5.74) is 4.24. The van der Waals surface area contributed by atoms with Crippen LogP contribution in [0.5, 0.6) is 0 Å². The van der Waals surface area contributed by atoms with Crippen LogP contribution < -0.4 is 11.1 Å². The Kier molecular flexibility index (Phi) is 6.20. The highest BCUT2D eigenvalue weighted by Gasteiger charge is 2.33. The lowest BCUT2D eigenvalue weighted by atomic mass is 10.2. The summed E-state index contributed by atoms with van der Waals surface area (Å²) in [7, 11) is 0. The molecule has 0 fully saturated rings. The van der Waals surface area contributed by atoms with Gasteiger partial charge >= 0.3 is 6.18 Å². The molecule has 0 aliphatic carbocycles. The first kappa shape index (κ1) is 15.9. The van der Waals surface area contributed by atoms with E-state index in [4.69, 9.17) is 5.73 Å². The Morgan fingerprint density at radius 3 is 2.63 bits per heavy atom. The molecule has 0 aliphatic rings. The van der Waals surface area contributed by atoms with Crippen LogP contribution in [0.25, 0.3) is 0 Å². The van der Waals surface area contributed by atoms with Gasteiger partial charge in [-0.25, -0.2) is 4.98 Å². The number of aromatic nitrogens is 2. The molecular formula is C11H17F3N4S.